The van der Waals surface area contributed by atoms with E-state index in [0.717, 1.165) is 10.1 Å². The van der Waals surface area contributed by atoms with Crippen molar-refractivity contribution in [2.45, 2.75) is 0 Å². The third-order valence-corrected chi connectivity index (χ3v) is 4.72. The Balaban J connectivity index is 1.97. The molecule has 0 unspecified atom stereocenters. The average molecular weight is 323 g/mol. The number of carbonyl (C=O) groups is 1. The number of pyridine rings is 1. The smallest absolute Gasteiger partial charge is 0.267 e. The van der Waals surface area contributed by atoms with Crippen LogP contribution < -0.4 is 5.32 Å². The second-order valence-corrected chi connectivity index (χ2v) is 5.83. The number of rotatable bonds is 2. The Morgan fingerprint density at radius 2 is 1.95 bits per heavy atom. The van der Waals surface area contributed by atoms with Crippen molar-refractivity contribution in [2.75, 3.05) is 5.32 Å². The fraction of sp³-hybridized carbons (Fsp3) is 0. The molecule has 0 bridgehead atoms. The van der Waals surface area contributed by atoms with E-state index in [4.69, 9.17) is 23.2 Å². The molecule has 1 N–H and O–H groups in total. The van der Waals surface area contributed by atoms with Gasteiger partial charge in [-0.1, -0.05) is 41.4 Å². The molecule has 2 heterocycles. The van der Waals surface area contributed by atoms with E-state index in [2.05, 4.69) is 10.3 Å². The Morgan fingerprint density at radius 3 is 2.70 bits per heavy atom. The zero-order chi connectivity index (χ0) is 14.1. The first-order valence-electron chi connectivity index (χ1n) is 5.75. The summed E-state index contributed by atoms with van der Waals surface area (Å²) in [5.41, 5.74) is 0.465. The van der Waals surface area contributed by atoms with Crippen molar-refractivity contribution in [2.24, 2.45) is 0 Å². The Hall–Kier alpha value is -1.62. The average Bonchev–Trinajstić information content (AvgIpc) is 2.79. The molecule has 3 nitrogen and oxygen atoms in total. The number of anilines is 1. The number of hydrogen-bond acceptors (Lipinski definition) is 3. The van der Waals surface area contributed by atoms with Gasteiger partial charge in [-0.15, -0.1) is 11.3 Å². The lowest BCUT2D eigenvalue weighted by Crippen LogP contribution is -2.11. The van der Waals surface area contributed by atoms with Gasteiger partial charge in [0.2, 0.25) is 0 Å². The minimum atomic E-state index is -0.286. The Labute approximate surface area is 129 Å². The van der Waals surface area contributed by atoms with Crippen LogP contribution in [-0.2, 0) is 0 Å². The van der Waals surface area contributed by atoms with Crippen LogP contribution in [0.3, 0.4) is 0 Å². The molecule has 0 atom stereocenters. The van der Waals surface area contributed by atoms with Crippen molar-refractivity contribution in [3.8, 4) is 0 Å². The molecule has 1 amide bonds. The van der Waals surface area contributed by atoms with Crippen molar-refractivity contribution in [3.63, 3.8) is 0 Å². The van der Waals surface area contributed by atoms with Crippen LogP contribution >= 0.6 is 34.5 Å². The standard InChI is InChI=1S/C14H8Cl2N2OS/c15-11-8-4-1-2-6-10(8)20-12(11)14(19)18-9-5-3-7-17-13(9)16/h1-7H,(H,18,19). The monoisotopic (exact) mass is 322 g/mol. The van der Waals surface area contributed by atoms with Gasteiger partial charge in [0.05, 0.1) is 10.7 Å². The Morgan fingerprint density at radius 1 is 1.15 bits per heavy atom. The van der Waals surface area contributed by atoms with Crippen LogP contribution in [0.4, 0.5) is 5.69 Å². The molecule has 0 aliphatic rings. The van der Waals surface area contributed by atoms with Gasteiger partial charge in [-0.25, -0.2) is 4.98 Å². The van der Waals surface area contributed by atoms with Gasteiger partial charge in [-0.2, -0.15) is 0 Å². The van der Waals surface area contributed by atoms with Crippen LogP contribution in [0.25, 0.3) is 10.1 Å². The lowest BCUT2D eigenvalue weighted by molar-refractivity contribution is 0.103. The molecule has 0 aliphatic carbocycles. The van der Waals surface area contributed by atoms with E-state index in [1.807, 2.05) is 24.3 Å². The van der Waals surface area contributed by atoms with E-state index in [9.17, 15) is 4.79 Å². The number of carbonyl (C=O) groups excluding carboxylic acids is 1. The number of halogens is 2. The molecular weight excluding hydrogens is 315 g/mol. The zero-order valence-corrected chi connectivity index (χ0v) is 12.4. The highest BCUT2D eigenvalue weighted by Crippen LogP contribution is 2.35. The molecule has 2 aromatic heterocycles. The molecule has 3 rings (SSSR count). The first kappa shape index (κ1) is 13.4. The predicted octanol–water partition coefficient (Wildman–Crippen LogP) is 4.86. The lowest BCUT2D eigenvalue weighted by atomic mass is 10.2. The molecule has 0 aliphatic heterocycles. The van der Waals surface area contributed by atoms with Gasteiger partial charge in [0.1, 0.15) is 4.88 Å². The highest BCUT2D eigenvalue weighted by Gasteiger charge is 2.17. The second-order valence-electron chi connectivity index (χ2n) is 4.04. The van der Waals surface area contributed by atoms with Crippen LogP contribution in [-0.4, -0.2) is 10.9 Å². The summed E-state index contributed by atoms with van der Waals surface area (Å²) < 4.78 is 0.972. The van der Waals surface area contributed by atoms with E-state index in [0.29, 0.717) is 15.6 Å². The molecule has 0 fully saturated rings. The van der Waals surface area contributed by atoms with Crippen LogP contribution in [0.1, 0.15) is 9.67 Å². The number of hydrogen-bond donors (Lipinski definition) is 1. The van der Waals surface area contributed by atoms with E-state index in [1.165, 1.54) is 11.3 Å². The van der Waals surface area contributed by atoms with Crippen LogP contribution in [0.15, 0.2) is 42.6 Å². The van der Waals surface area contributed by atoms with E-state index in [1.54, 1.807) is 18.3 Å². The minimum Gasteiger partial charge on any atom is -0.319 e. The number of nitrogens with one attached hydrogen (secondary N) is 1. The summed E-state index contributed by atoms with van der Waals surface area (Å²) in [7, 11) is 0. The summed E-state index contributed by atoms with van der Waals surface area (Å²) in [6.07, 6.45) is 1.56. The van der Waals surface area contributed by atoms with Crippen molar-refractivity contribution < 1.29 is 4.79 Å². The number of fused-ring (bicyclic) bond motifs is 1. The molecular formula is C14H8Cl2N2OS. The second kappa shape index (κ2) is 5.40. The maximum Gasteiger partial charge on any atom is 0.267 e. The van der Waals surface area contributed by atoms with Gasteiger partial charge in [-0.05, 0) is 18.2 Å². The summed E-state index contributed by atoms with van der Waals surface area (Å²) in [6.45, 7) is 0. The molecule has 0 radical (unpaired) electrons. The van der Waals surface area contributed by atoms with Crippen LogP contribution in [0.5, 0.6) is 0 Å². The predicted molar refractivity (Wildman–Crippen MR) is 84.0 cm³/mol. The highest BCUT2D eigenvalue weighted by molar-refractivity contribution is 7.21. The van der Waals surface area contributed by atoms with Crippen molar-refractivity contribution in [1.29, 1.82) is 0 Å². The van der Waals surface area contributed by atoms with Gasteiger partial charge in [0, 0.05) is 16.3 Å². The summed E-state index contributed by atoms with van der Waals surface area (Å²) in [6, 6.07) is 11.0. The summed E-state index contributed by atoms with van der Waals surface area (Å²) >= 11 is 13.5. The Kier molecular flexibility index (Phi) is 3.61. The SMILES string of the molecule is O=C(Nc1cccnc1Cl)c1sc2ccccc2c1Cl. The maximum absolute atomic E-state index is 12.3. The molecule has 6 heteroatoms. The first-order valence-corrected chi connectivity index (χ1v) is 7.33. The van der Waals surface area contributed by atoms with Crippen molar-refractivity contribution >= 4 is 56.2 Å². The van der Waals surface area contributed by atoms with E-state index >= 15 is 0 Å². The minimum absolute atomic E-state index is 0.248. The number of aromatic nitrogens is 1. The molecule has 100 valence electrons. The van der Waals surface area contributed by atoms with Crippen LogP contribution in [0.2, 0.25) is 10.2 Å². The number of amides is 1. The number of thiophene rings is 1. The topological polar surface area (TPSA) is 42.0 Å². The van der Waals surface area contributed by atoms with Crippen molar-refractivity contribution in [3.05, 3.63) is 57.6 Å². The molecule has 0 saturated carbocycles. The molecule has 3 aromatic rings. The van der Waals surface area contributed by atoms with E-state index < -0.39 is 0 Å². The van der Waals surface area contributed by atoms with Gasteiger partial charge in [0.15, 0.2) is 5.15 Å². The summed E-state index contributed by atoms with van der Waals surface area (Å²) in [4.78, 5) is 16.7. The molecule has 20 heavy (non-hydrogen) atoms. The first-order chi connectivity index (χ1) is 9.66. The third kappa shape index (κ3) is 2.38. The van der Waals surface area contributed by atoms with Crippen LogP contribution in [0, 0.1) is 0 Å². The highest BCUT2D eigenvalue weighted by atomic mass is 35.5. The summed E-state index contributed by atoms with van der Waals surface area (Å²) in [5, 5.41) is 4.31. The molecule has 0 spiro atoms. The van der Waals surface area contributed by atoms with Crippen molar-refractivity contribution in [1.82, 2.24) is 4.98 Å². The lowest BCUT2D eigenvalue weighted by Gasteiger charge is -2.04. The van der Waals surface area contributed by atoms with Gasteiger partial charge >= 0.3 is 0 Å². The molecule has 1 aromatic carbocycles. The molecule has 0 saturated heterocycles. The fourth-order valence-corrected chi connectivity index (χ4v) is 3.40. The quantitative estimate of drug-likeness (QED) is 0.685. The normalized spacial score (nSPS) is 10.7. The third-order valence-electron chi connectivity index (χ3n) is 2.75. The fourth-order valence-electron chi connectivity index (χ4n) is 1.82. The maximum atomic E-state index is 12.3. The van der Waals surface area contributed by atoms with Gasteiger partial charge < -0.3 is 5.32 Å². The zero-order valence-electron chi connectivity index (χ0n) is 10.1. The number of nitrogens with zero attached hydrogens (tertiary/aromatic N) is 1. The van der Waals surface area contributed by atoms with Gasteiger partial charge in [0.25, 0.3) is 5.91 Å². The van der Waals surface area contributed by atoms with Gasteiger partial charge in [-0.3, -0.25) is 4.79 Å². The largest absolute Gasteiger partial charge is 0.319 e. The van der Waals surface area contributed by atoms with E-state index in [-0.39, 0.29) is 11.1 Å². The summed E-state index contributed by atoms with van der Waals surface area (Å²) in [5.74, 6) is -0.286. The Bertz CT molecular complexity index is 801. The number of benzene rings is 1.